The second-order valence-electron chi connectivity index (χ2n) is 2.76. The third-order valence-electron chi connectivity index (χ3n) is 1.79. The van der Waals surface area contributed by atoms with E-state index >= 15 is 0 Å². The van der Waals surface area contributed by atoms with E-state index in [4.69, 9.17) is 5.21 Å². The number of oxime groups is 1. The lowest BCUT2D eigenvalue weighted by Crippen LogP contribution is -1.98. The van der Waals surface area contributed by atoms with E-state index in [0.29, 0.717) is 4.47 Å². The van der Waals surface area contributed by atoms with Gasteiger partial charge in [0.05, 0.1) is 10.6 Å². The van der Waals surface area contributed by atoms with Crippen LogP contribution in [0.3, 0.4) is 0 Å². The third kappa shape index (κ3) is 2.24. The topological polar surface area (TPSA) is 96.0 Å². The van der Waals surface area contributed by atoms with Crippen LogP contribution in [0.15, 0.2) is 21.8 Å². The minimum Gasteiger partial charge on any atom is -0.502 e. The quantitative estimate of drug-likeness (QED) is 0.374. The number of rotatable bonds is 2. The van der Waals surface area contributed by atoms with E-state index < -0.39 is 16.4 Å². The van der Waals surface area contributed by atoms with Crippen molar-refractivity contribution in [2.24, 2.45) is 5.16 Å². The zero-order valence-electron chi connectivity index (χ0n) is 7.64. The van der Waals surface area contributed by atoms with E-state index in [1.165, 1.54) is 19.1 Å². The van der Waals surface area contributed by atoms with Gasteiger partial charge in [-0.1, -0.05) is 21.1 Å². The van der Waals surface area contributed by atoms with Crippen LogP contribution in [-0.2, 0) is 0 Å². The van der Waals surface area contributed by atoms with Gasteiger partial charge in [0.1, 0.15) is 0 Å². The molecule has 0 spiro atoms. The molecule has 1 rings (SSSR count). The van der Waals surface area contributed by atoms with Gasteiger partial charge in [-0.25, -0.2) is 0 Å². The Morgan fingerprint density at radius 2 is 2.20 bits per heavy atom. The molecule has 0 heterocycles. The van der Waals surface area contributed by atoms with Crippen molar-refractivity contribution in [1.82, 2.24) is 0 Å². The highest BCUT2D eigenvalue weighted by atomic mass is 79.9. The van der Waals surface area contributed by atoms with Gasteiger partial charge in [0, 0.05) is 16.1 Å². The van der Waals surface area contributed by atoms with Crippen molar-refractivity contribution < 1.29 is 15.2 Å². The summed E-state index contributed by atoms with van der Waals surface area (Å²) in [6.45, 7) is 1.42. The predicted molar refractivity (Wildman–Crippen MR) is 56.5 cm³/mol. The molecule has 0 atom stereocenters. The number of phenolic OH excluding ortho intramolecular Hbond substituents is 1. The summed E-state index contributed by atoms with van der Waals surface area (Å²) in [4.78, 5) is 9.85. The van der Waals surface area contributed by atoms with E-state index in [0.717, 1.165) is 0 Å². The largest absolute Gasteiger partial charge is 0.502 e. The first-order chi connectivity index (χ1) is 6.97. The van der Waals surface area contributed by atoms with Crippen LogP contribution < -0.4 is 0 Å². The first-order valence-electron chi connectivity index (χ1n) is 3.83. The van der Waals surface area contributed by atoms with Crippen LogP contribution in [0, 0.1) is 10.1 Å². The van der Waals surface area contributed by atoms with Crippen LogP contribution in [-0.4, -0.2) is 20.9 Å². The van der Waals surface area contributed by atoms with Crippen molar-refractivity contribution in [2.45, 2.75) is 6.92 Å². The molecule has 6 nitrogen and oxygen atoms in total. The van der Waals surface area contributed by atoms with E-state index in [-0.39, 0.29) is 11.3 Å². The maximum atomic E-state index is 10.6. The molecule has 0 saturated heterocycles. The number of nitro groups is 1. The van der Waals surface area contributed by atoms with Gasteiger partial charge in [-0.15, -0.1) is 0 Å². The number of hydrogen-bond donors (Lipinski definition) is 2. The molecule has 0 unspecified atom stereocenters. The fourth-order valence-electron chi connectivity index (χ4n) is 1.05. The summed E-state index contributed by atoms with van der Waals surface area (Å²) < 4.78 is 0.421. The Hall–Kier alpha value is -1.63. The molecule has 0 radical (unpaired) electrons. The Morgan fingerprint density at radius 1 is 1.60 bits per heavy atom. The number of phenols is 1. The fourth-order valence-corrected chi connectivity index (χ4v) is 1.50. The molecular weight excluding hydrogens is 268 g/mol. The maximum absolute atomic E-state index is 10.6. The SMILES string of the molecule is CC(=NO)c1cc(Br)cc([N+](=O)[O-])c1O. The summed E-state index contributed by atoms with van der Waals surface area (Å²) in [7, 11) is 0. The minimum absolute atomic E-state index is 0.0944. The Bertz CT molecular complexity index is 445. The van der Waals surface area contributed by atoms with Gasteiger partial charge in [0.2, 0.25) is 5.75 Å². The van der Waals surface area contributed by atoms with Crippen molar-refractivity contribution in [2.75, 3.05) is 0 Å². The highest BCUT2D eigenvalue weighted by Gasteiger charge is 2.19. The van der Waals surface area contributed by atoms with E-state index in [2.05, 4.69) is 21.1 Å². The second-order valence-corrected chi connectivity index (χ2v) is 3.68. The molecule has 0 fully saturated rings. The monoisotopic (exact) mass is 274 g/mol. The van der Waals surface area contributed by atoms with Gasteiger partial charge in [0.25, 0.3) is 0 Å². The van der Waals surface area contributed by atoms with Crippen molar-refractivity contribution in [3.05, 3.63) is 32.3 Å². The summed E-state index contributed by atoms with van der Waals surface area (Å²) >= 11 is 3.06. The summed E-state index contributed by atoms with van der Waals surface area (Å²) in [5.74, 6) is -0.515. The molecule has 0 saturated carbocycles. The number of aromatic hydroxyl groups is 1. The van der Waals surface area contributed by atoms with Crippen LogP contribution >= 0.6 is 15.9 Å². The predicted octanol–water partition coefficient (Wildman–Crippen LogP) is 2.26. The van der Waals surface area contributed by atoms with Crippen molar-refractivity contribution >= 4 is 27.3 Å². The molecule has 0 aliphatic rings. The third-order valence-corrected chi connectivity index (χ3v) is 2.25. The first kappa shape index (κ1) is 11.4. The molecular formula is C8H7BrN2O4. The van der Waals surface area contributed by atoms with Crippen LogP contribution in [0.25, 0.3) is 0 Å². The van der Waals surface area contributed by atoms with Gasteiger partial charge in [0.15, 0.2) is 0 Å². The number of nitrogens with zero attached hydrogens (tertiary/aromatic N) is 2. The molecule has 7 heteroatoms. The van der Waals surface area contributed by atoms with E-state index in [1.807, 2.05) is 0 Å². The van der Waals surface area contributed by atoms with E-state index in [1.54, 1.807) is 0 Å². The van der Waals surface area contributed by atoms with Crippen molar-refractivity contribution in [1.29, 1.82) is 0 Å². The molecule has 15 heavy (non-hydrogen) atoms. The first-order valence-corrected chi connectivity index (χ1v) is 4.62. The zero-order chi connectivity index (χ0) is 11.6. The summed E-state index contributed by atoms with van der Waals surface area (Å²) in [6.07, 6.45) is 0. The summed E-state index contributed by atoms with van der Waals surface area (Å²) in [6, 6.07) is 2.60. The fraction of sp³-hybridized carbons (Fsp3) is 0.125. The van der Waals surface area contributed by atoms with E-state index in [9.17, 15) is 15.2 Å². The van der Waals surface area contributed by atoms with Crippen molar-refractivity contribution in [3.8, 4) is 5.75 Å². The Kier molecular flexibility index (Phi) is 3.25. The van der Waals surface area contributed by atoms with Gasteiger partial charge in [-0.2, -0.15) is 0 Å². The number of nitro benzene ring substituents is 1. The van der Waals surface area contributed by atoms with Crippen LogP contribution in [0.1, 0.15) is 12.5 Å². The molecule has 0 bridgehead atoms. The van der Waals surface area contributed by atoms with Gasteiger partial charge < -0.3 is 10.3 Å². The number of hydrogen-bond acceptors (Lipinski definition) is 5. The van der Waals surface area contributed by atoms with Crippen LogP contribution in [0.2, 0.25) is 0 Å². The van der Waals surface area contributed by atoms with Gasteiger partial charge >= 0.3 is 5.69 Å². The number of halogens is 1. The Morgan fingerprint density at radius 3 is 2.67 bits per heavy atom. The average Bonchev–Trinajstić information content (AvgIpc) is 2.19. The summed E-state index contributed by atoms with van der Waals surface area (Å²) in [5, 5.41) is 31.5. The van der Waals surface area contributed by atoms with Gasteiger partial charge in [-0.05, 0) is 13.0 Å². The highest BCUT2D eigenvalue weighted by Crippen LogP contribution is 2.33. The lowest BCUT2D eigenvalue weighted by Gasteiger charge is -2.04. The lowest BCUT2D eigenvalue weighted by atomic mass is 10.1. The molecule has 0 aromatic heterocycles. The lowest BCUT2D eigenvalue weighted by molar-refractivity contribution is -0.385. The smallest absolute Gasteiger partial charge is 0.312 e. The maximum Gasteiger partial charge on any atom is 0.312 e. The second kappa shape index (κ2) is 4.26. The molecule has 0 amide bonds. The molecule has 2 N–H and O–H groups in total. The summed E-state index contributed by atoms with van der Waals surface area (Å²) in [5.41, 5.74) is -0.238. The van der Waals surface area contributed by atoms with Gasteiger partial charge in [-0.3, -0.25) is 10.1 Å². The Balaban J connectivity index is 3.48. The molecule has 0 aliphatic heterocycles. The van der Waals surface area contributed by atoms with Crippen LogP contribution in [0.4, 0.5) is 5.69 Å². The molecule has 80 valence electrons. The highest BCUT2D eigenvalue weighted by molar-refractivity contribution is 9.10. The standard InChI is InChI=1S/C8H7BrN2O4/c1-4(10-13)6-2-5(9)3-7(8(6)12)11(14)15/h2-3,12-13H,1H3. The zero-order valence-corrected chi connectivity index (χ0v) is 9.22. The van der Waals surface area contributed by atoms with Crippen molar-refractivity contribution in [3.63, 3.8) is 0 Å². The molecule has 0 aliphatic carbocycles. The number of benzene rings is 1. The van der Waals surface area contributed by atoms with Crippen LogP contribution in [0.5, 0.6) is 5.75 Å². The molecule has 1 aromatic carbocycles. The molecule has 1 aromatic rings. The average molecular weight is 275 g/mol. The normalized spacial score (nSPS) is 11.5. The Labute approximate surface area is 93.1 Å². The minimum atomic E-state index is -0.714.